The van der Waals surface area contributed by atoms with E-state index in [4.69, 9.17) is 9.47 Å². The highest BCUT2D eigenvalue weighted by molar-refractivity contribution is 6.48. The molecule has 1 saturated heterocycles. The fourth-order valence-corrected chi connectivity index (χ4v) is 3.97. The zero-order chi connectivity index (χ0) is 23.5. The van der Waals surface area contributed by atoms with Crippen LogP contribution in [0.4, 0.5) is 5.82 Å². The van der Waals surface area contributed by atoms with Gasteiger partial charge in [-0.15, -0.1) is 0 Å². The number of hydrogen-bond donors (Lipinski definition) is 0. The zero-order valence-corrected chi connectivity index (χ0v) is 18.6. The summed E-state index contributed by atoms with van der Waals surface area (Å²) in [5, 5.41) is 0. The van der Waals surface area contributed by atoms with Gasteiger partial charge in [-0.2, -0.15) is 0 Å². The molecule has 0 aliphatic carbocycles. The van der Waals surface area contributed by atoms with Crippen molar-refractivity contribution in [1.82, 2.24) is 4.98 Å². The van der Waals surface area contributed by atoms with Crippen LogP contribution < -0.4 is 14.4 Å². The predicted octanol–water partition coefficient (Wildman–Crippen LogP) is 4.03. The third-order valence-electron chi connectivity index (χ3n) is 5.45. The van der Waals surface area contributed by atoms with Crippen LogP contribution in [-0.4, -0.2) is 35.7 Å². The van der Waals surface area contributed by atoms with E-state index in [0.29, 0.717) is 28.4 Å². The average molecular weight is 444 g/mol. The maximum Gasteiger partial charge on any atom is 0.297 e. The molecule has 4 rings (SSSR count). The van der Waals surface area contributed by atoms with E-state index in [1.54, 1.807) is 80.0 Å². The number of benzene rings is 2. The number of Topliss-reactive ketones (excluding diaryl/α,β-unsaturated/α-hetero) is 2. The Labute approximate surface area is 192 Å². The number of pyridine rings is 1. The second-order valence-electron chi connectivity index (χ2n) is 7.98. The van der Waals surface area contributed by atoms with Gasteiger partial charge in [0.1, 0.15) is 23.2 Å². The second-order valence-corrected chi connectivity index (χ2v) is 7.98. The Hall–Kier alpha value is -4.00. The van der Waals surface area contributed by atoms with E-state index in [9.17, 15) is 14.4 Å². The van der Waals surface area contributed by atoms with Crippen LogP contribution in [0.15, 0.2) is 72.9 Å². The Kier molecular flexibility index (Phi) is 6.22. The number of methoxy groups -OCH3 is 1. The fourth-order valence-electron chi connectivity index (χ4n) is 3.97. The van der Waals surface area contributed by atoms with Crippen LogP contribution in [0.5, 0.6) is 11.5 Å². The number of carbonyl (C=O) groups is 3. The molecule has 2 heterocycles. The molecule has 2 unspecified atom stereocenters. The van der Waals surface area contributed by atoms with Crippen molar-refractivity contribution in [3.8, 4) is 11.5 Å². The van der Waals surface area contributed by atoms with Gasteiger partial charge in [-0.3, -0.25) is 19.3 Å². The van der Waals surface area contributed by atoms with Crippen molar-refractivity contribution < 1.29 is 23.9 Å². The normalized spacial score (nSPS) is 18.0. The number of amides is 1. The van der Waals surface area contributed by atoms with Gasteiger partial charge in [0.2, 0.25) is 5.78 Å². The van der Waals surface area contributed by atoms with Crippen molar-refractivity contribution in [2.24, 2.45) is 5.92 Å². The summed E-state index contributed by atoms with van der Waals surface area (Å²) < 4.78 is 10.9. The molecular formula is C26H24N2O5. The summed E-state index contributed by atoms with van der Waals surface area (Å²) in [6.07, 6.45) is 1.53. The minimum absolute atomic E-state index is 0.00744. The van der Waals surface area contributed by atoms with Crippen LogP contribution in [0.25, 0.3) is 0 Å². The van der Waals surface area contributed by atoms with Crippen molar-refractivity contribution in [1.29, 1.82) is 0 Å². The molecule has 2 aromatic carbocycles. The summed E-state index contributed by atoms with van der Waals surface area (Å²) in [6, 6.07) is 17.9. The van der Waals surface area contributed by atoms with Crippen molar-refractivity contribution in [2.75, 3.05) is 12.0 Å². The van der Waals surface area contributed by atoms with Gasteiger partial charge in [0.05, 0.1) is 19.3 Å². The fraction of sp³-hybridized carbons (Fsp3) is 0.231. The third-order valence-corrected chi connectivity index (χ3v) is 5.45. The van der Waals surface area contributed by atoms with Crippen molar-refractivity contribution >= 4 is 23.3 Å². The lowest BCUT2D eigenvalue weighted by atomic mass is 9.86. The first kappa shape index (κ1) is 22.2. The summed E-state index contributed by atoms with van der Waals surface area (Å²) in [7, 11) is 1.55. The lowest BCUT2D eigenvalue weighted by Crippen LogP contribution is -2.31. The van der Waals surface area contributed by atoms with Gasteiger partial charge >= 0.3 is 0 Å². The largest absolute Gasteiger partial charge is 0.497 e. The molecule has 0 N–H and O–H groups in total. The van der Waals surface area contributed by atoms with Crippen LogP contribution in [0.3, 0.4) is 0 Å². The van der Waals surface area contributed by atoms with Gasteiger partial charge in [-0.1, -0.05) is 18.2 Å². The van der Waals surface area contributed by atoms with Crippen LogP contribution in [0, 0.1) is 5.92 Å². The zero-order valence-electron chi connectivity index (χ0n) is 18.6. The minimum Gasteiger partial charge on any atom is -0.497 e. The maximum atomic E-state index is 13.5. The summed E-state index contributed by atoms with van der Waals surface area (Å²) in [5.74, 6) is -1.58. The molecule has 2 atom stereocenters. The number of rotatable bonds is 7. The molecule has 1 aliphatic rings. The topological polar surface area (TPSA) is 85.8 Å². The molecule has 168 valence electrons. The van der Waals surface area contributed by atoms with E-state index >= 15 is 0 Å². The Bertz CT molecular complexity index is 1160. The predicted molar refractivity (Wildman–Crippen MR) is 122 cm³/mol. The van der Waals surface area contributed by atoms with E-state index in [2.05, 4.69) is 4.98 Å². The molecule has 0 saturated carbocycles. The molecule has 0 bridgehead atoms. The highest BCUT2D eigenvalue weighted by Crippen LogP contribution is 2.41. The van der Waals surface area contributed by atoms with Gasteiger partial charge in [-0.25, -0.2) is 4.98 Å². The number of aromatic nitrogens is 1. The highest BCUT2D eigenvalue weighted by atomic mass is 16.5. The average Bonchev–Trinajstić information content (AvgIpc) is 3.10. The molecule has 1 aromatic heterocycles. The Morgan fingerprint density at radius 2 is 1.61 bits per heavy atom. The SMILES string of the molecule is COc1ccc(C2C(C(=O)c3ccc(OC(C)C)cc3)C(=O)C(=O)N2c2ccccn2)cc1. The monoisotopic (exact) mass is 444 g/mol. The van der Waals surface area contributed by atoms with Crippen LogP contribution in [0.1, 0.15) is 35.8 Å². The smallest absolute Gasteiger partial charge is 0.297 e. The Morgan fingerprint density at radius 1 is 0.939 bits per heavy atom. The molecule has 1 aliphatic heterocycles. The van der Waals surface area contributed by atoms with Crippen LogP contribution >= 0.6 is 0 Å². The summed E-state index contributed by atoms with van der Waals surface area (Å²) in [4.78, 5) is 45.3. The molecule has 0 radical (unpaired) electrons. The summed E-state index contributed by atoms with van der Waals surface area (Å²) >= 11 is 0. The highest BCUT2D eigenvalue weighted by Gasteiger charge is 2.52. The minimum atomic E-state index is -1.20. The number of nitrogens with zero attached hydrogens (tertiary/aromatic N) is 2. The van der Waals surface area contributed by atoms with E-state index in [-0.39, 0.29) is 6.10 Å². The van der Waals surface area contributed by atoms with Gasteiger partial charge in [0, 0.05) is 11.8 Å². The van der Waals surface area contributed by atoms with Gasteiger partial charge in [0.25, 0.3) is 5.91 Å². The molecular weight excluding hydrogens is 420 g/mol. The molecule has 1 amide bonds. The second kappa shape index (κ2) is 9.24. The van der Waals surface area contributed by atoms with Crippen LogP contribution in [-0.2, 0) is 9.59 Å². The number of carbonyl (C=O) groups excluding carboxylic acids is 3. The van der Waals surface area contributed by atoms with E-state index in [1.165, 1.54) is 4.90 Å². The lowest BCUT2D eigenvalue weighted by molar-refractivity contribution is -0.135. The van der Waals surface area contributed by atoms with Gasteiger partial charge in [0.15, 0.2) is 5.78 Å². The summed E-state index contributed by atoms with van der Waals surface area (Å²) in [6.45, 7) is 3.82. The first-order valence-electron chi connectivity index (χ1n) is 10.6. The number of anilines is 1. The van der Waals surface area contributed by atoms with Gasteiger partial charge < -0.3 is 9.47 Å². The molecule has 3 aromatic rings. The number of hydrogen-bond acceptors (Lipinski definition) is 6. The molecule has 33 heavy (non-hydrogen) atoms. The Morgan fingerprint density at radius 3 is 2.18 bits per heavy atom. The molecule has 7 heteroatoms. The van der Waals surface area contributed by atoms with Crippen molar-refractivity contribution in [3.63, 3.8) is 0 Å². The number of ketones is 2. The van der Waals surface area contributed by atoms with E-state index < -0.39 is 29.4 Å². The first-order chi connectivity index (χ1) is 15.9. The van der Waals surface area contributed by atoms with E-state index in [1.807, 2.05) is 13.8 Å². The molecule has 7 nitrogen and oxygen atoms in total. The first-order valence-corrected chi connectivity index (χ1v) is 10.6. The van der Waals surface area contributed by atoms with Gasteiger partial charge in [-0.05, 0) is 67.9 Å². The Balaban J connectivity index is 1.76. The summed E-state index contributed by atoms with van der Waals surface area (Å²) in [5.41, 5.74) is 0.970. The molecule has 1 fully saturated rings. The van der Waals surface area contributed by atoms with Crippen molar-refractivity contribution in [2.45, 2.75) is 26.0 Å². The molecule has 0 spiro atoms. The maximum absolute atomic E-state index is 13.5. The quantitative estimate of drug-likeness (QED) is 0.311. The lowest BCUT2D eigenvalue weighted by Gasteiger charge is -2.26. The van der Waals surface area contributed by atoms with Crippen LogP contribution in [0.2, 0.25) is 0 Å². The third kappa shape index (κ3) is 4.35. The van der Waals surface area contributed by atoms with Crippen molar-refractivity contribution in [3.05, 3.63) is 84.1 Å². The standard InChI is InChI=1S/C26H24N2O5/c1-16(2)33-20-13-9-18(10-14-20)24(29)22-23(17-7-11-19(32-3)12-8-17)28(26(31)25(22)30)21-6-4-5-15-27-21/h4-16,22-23H,1-3H3. The van der Waals surface area contributed by atoms with E-state index in [0.717, 1.165) is 0 Å². The number of ether oxygens (including phenoxy) is 2.